The predicted octanol–water partition coefficient (Wildman–Crippen LogP) is 18.0. The van der Waals surface area contributed by atoms with Gasteiger partial charge in [0.25, 0.3) is 0 Å². The van der Waals surface area contributed by atoms with E-state index in [1.54, 1.807) is 0 Å². The first-order valence-corrected chi connectivity index (χ1v) is 29.2. The molecule has 0 aliphatic heterocycles. The number of hydrogen-bond acceptors (Lipinski definition) is 5. The Morgan fingerprint density at radius 3 is 1.21 bits per heavy atom. The van der Waals surface area contributed by atoms with Crippen LogP contribution in [-0.4, -0.2) is 47.4 Å². The summed E-state index contributed by atoms with van der Waals surface area (Å²) in [5.74, 6) is -0.143. The van der Waals surface area contributed by atoms with Crippen molar-refractivity contribution in [2.45, 2.75) is 321 Å². The number of unbranched alkanes of at least 4 members (excludes halogenated alkanes) is 37. The number of allylic oxidation sites excluding steroid dienone is 6. The summed E-state index contributed by atoms with van der Waals surface area (Å²) in [7, 11) is 0. The Morgan fingerprint density at radius 1 is 0.424 bits per heavy atom. The second kappa shape index (κ2) is 55.7. The maximum atomic E-state index is 12.5. The predicted molar refractivity (Wildman–Crippen MR) is 287 cm³/mol. The van der Waals surface area contributed by atoms with E-state index in [1.165, 1.54) is 193 Å². The average Bonchev–Trinajstić information content (AvgIpc) is 3.32. The number of hydrogen-bond donors (Lipinski definition) is 3. The normalized spacial score (nSPS) is 12.8. The van der Waals surface area contributed by atoms with Crippen molar-refractivity contribution in [3.05, 3.63) is 36.5 Å². The molecule has 0 bridgehead atoms. The van der Waals surface area contributed by atoms with Crippen molar-refractivity contribution in [2.75, 3.05) is 13.2 Å². The van der Waals surface area contributed by atoms with Crippen molar-refractivity contribution in [3.8, 4) is 0 Å². The van der Waals surface area contributed by atoms with Gasteiger partial charge in [0.2, 0.25) is 5.91 Å². The van der Waals surface area contributed by atoms with E-state index in [0.29, 0.717) is 25.9 Å². The number of nitrogens with one attached hydrogen (secondary N) is 1. The molecule has 0 fully saturated rings. The van der Waals surface area contributed by atoms with E-state index in [0.717, 1.165) is 83.5 Å². The van der Waals surface area contributed by atoms with Crippen LogP contribution in [0.3, 0.4) is 0 Å². The van der Waals surface area contributed by atoms with E-state index in [2.05, 4.69) is 55.6 Å². The van der Waals surface area contributed by atoms with Crippen molar-refractivity contribution in [1.29, 1.82) is 0 Å². The Labute approximate surface area is 411 Å². The lowest BCUT2D eigenvalue weighted by Crippen LogP contribution is -2.45. The van der Waals surface area contributed by atoms with Gasteiger partial charge in [0.1, 0.15) is 0 Å². The molecule has 6 heteroatoms. The molecule has 0 aromatic heterocycles. The van der Waals surface area contributed by atoms with Gasteiger partial charge in [-0.3, -0.25) is 9.59 Å². The number of ether oxygens (including phenoxy) is 1. The Balaban J connectivity index is 3.52. The molecule has 6 nitrogen and oxygen atoms in total. The van der Waals surface area contributed by atoms with Gasteiger partial charge >= 0.3 is 5.97 Å². The van der Waals surface area contributed by atoms with Crippen molar-refractivity contribution in [1.82, 2.24) is 5.32 Å². The molecule has 0 rings (SSSR count). The monoisotopic (exact) mass is 928 g/mol. The molecule has 1 amide bonds. The van der Waals surface area contributed by atoms with E-state index >= 15 is 0 Å². The van der Waals surface area contributed by atoms with Crippen molar-refractivity contribution in [3.63, 3.8) is 0 Å². The summed E-state index contributed by atoms with van der Waals surface area (Å²) in [6.45, 7) is 4.85. The van der Waals surface area contributed by atoms with Gasteiger partial charge < -0.3 is 20.3 Å². The third-order valence-corrected chi connectivity index (χ3v) is 13.4. The summed E-state index contributed by atoms with van der Waals surface area (Å²) >= 11 is 0. The maximum Gasteiger partial charge on any atom is 0.305 e. The lowest BCUT2D eigenvalue weighted by Gasteiger charge is -2.22. The van der Waals surface area contributed by atoms with E-state index in [-0.39, 0.29) is 18.5 Å². The van der Waals surface area contributed by atoms with E-state index < -0.39 is 12.1 Å². The smallest absolute Gasteiger partial charge is 0.305 e. The molecular formula is C60H113NO5. The van der Waals surface area contributed by atoms with Crippen LogP contribution in [0.5, 0.6) is 0 Å². The zero-order chi connectivity index (χ0) is 47.9. The fourth-order valence-electron chi connectivity index (χ4n) is 8.91. The second-order valence-electron chi connectivity index (χ2n) is 20.0. The minimum atomic E-state index is -0.698. The zero-order valence-electron chi connectivity index (χ0n) is 44.2. The van der Waals surface area contributed by atoms with Crippen LogP contribution in [0.2, 0.25) is 0 Å². The number of rotatable bonds is 54. The highest BCUT2D eigenvalue weighted by Crippen LogP contribution is 2.17. The zero-order valence-corrected chi connectivity index (χ0v) is 44.2. The standard InChI is InChI=1S/C60H113NO5/c1-3-5-7-9-11-13-15-17-19-21-22-23-24-25-26-27-28-29-31-33-36-40-44-48-52-58(63)57(56-62)61-59(64)53-49-45-41-37-35-39-43-47-51-55-66-60(65)54-50-46-42-38-34-32-30-20-18-16-14-12-10-8-6-4-2/h14,16,20,30,37,41,57-58,62-63H,3-13,15,17-19,21-29,31-36,38-40,42-56H2,1-2H3,(H,61,64)/b16-14-,30-20-,41-37-. The largest absolute Gasteiger partial charge is 0.466 e. The topological polar surface area (TPSA) is 95.9 Å². The number of esters is 1. The maximum absolute atomic E-state index is 12.5. The first kappa shape index (κ1) is 64.1. The molecule has 0 aliphatic rings. The van der Waals surface area contributed by atoms with Gasteiger partial charge in [-0.2, -0.15) is 0 Å². The molecule has 0 aromatic carbocycles. The highest BCUT2D eigenvalue weighted by molar-refractivity contribution is 5.76. The Morgan fingerprint density at radius 2 is 0.773 bits per heavy atom. The lowest BCUT2D eigenvalue weighted by molar-refractivity contribution is -0.143. The molecular weight excluding hydrogens is 815 g/mol. The first-order chi connectivity index (χ1) is 32.5. The molecule has 3 N–H and O–H groups in total. The van der Waals surface area contributed by atoms with Gasteiger partial charge in [-0.05, 0) is 77.0 Å². The molecule has 66 heavy (non-hydrogen) atoms. The fourth-order valence-corrected chi connectivity index (χ4v) is 8.91. The van der Waals surface area contributed by atoms with Gasteiger partial charge in [0, 0.05) is 12.8 Å². The minimum Gasteiger partial charge on any atom is -0.466 e. The number of carbonyl (C=O) groups is 2. The summed E-state index contributed by atoms with van der Waals surface area (Å²) < 4.78 is 5.44. The van der Waals surface area contributed by atoms with Gasteiger partial charge in [-0.1, -0.05) is 256 Å². The summed E-state index contributed by atoms with van der Waals surface area (Å²) in [6.07, 6.45) is 68.6. The number of carbonyl (C=O) groups excluding carboxylic acids is 2. The first-order valence-electron chi connectivity index (χ1n) is 29.2. The van der Waals surface area contributed by atoms with Crippen LogP contribution in [0.25, 0.3) is 0 Å². The van der Waals surface area contributed by atoms with E-state index in [4.69, 9.17) is 4.74 Å². The Hall–Kier alpha value is -1.92. The average molecular weight is 929 g/mol. The molecule has 0 saturated heterocycles. The Bertz CT molecular complexity index is 1070. The van der Waals surface area contributed by atoms with Crippen molar-refractivity contribution >= 4 is 11.9 Å². The molecule has 388 valence electrons. The van der Waals surface area contributed by atoms with Crippen LogP contribution in [-0.2, 0) is 14.3 Å². The van der Waals surface area contributed by atoms with Gasteiger partial charge in [0.05, 0.1) is 25.4 Å². The summed E-state index contributed by atoms with van der Waals surface area (Å²) in [6, 6.07) is -0.582. The third kappa shape index (κ3) is 51.5. The van der Waals surface area contributed by atoms with Crippen LogP contribution >= 0.6 is 0 Å². The Kier molecular flexibility index (Phi) is 54.1. The molecule has 2 atom stereocenters. The van der Waals surface area contributed by atoms with Gasteiger partial charge in [0.15, 0.2) is 0 Å². The molecule has 0 spiro atoms. The number of aliphatic hydroxyl groups excluding tert-OH is 2. The second-order valence-corrected chi connectivity index (χ2v) is 20.0. The fraction of sp³-hybridized carbons (Fsp3) is 0.867. The van der Waals surface area contributed by atoms with Crippen LogP contribution in [0.15, 0.2) is 36.5 Å². The van der Waals surface area contributed by atoms with E-state index in [1.807, 2.05) is 0 Å². The highest BCUT2D eigenvalue weighted by atomic mass is 16.5. The van der Waals surface area contributed by atoms with Crippen molar-refractivity contribution < 1.29 is 24.5 Å². The van der Waals surface area contributed by atoms with E-state index in [9.17, 15) is 19.8 Å². The van der Waals surface area contributed by atoms with Crippen LogP contribution in [0.4, 0.5) is 0 Å². The molecule has 2 unspecified atom stereocenters. The summed E-state index contributed by atoms with van der Waals surface area (Å²) in [4.78, 5) is 24.5. The van der Waals surface area contributed by atoms with Gasteiger partial charge in [-0.15, -0.1) is 0 Å². The van der Waals surface area contributed by atoms with Crippen molar-refractivity contribution in [2.24, 2.45) is 0 Å². The SMILES string of the molecule is CCCCCC/C=C\C/C=C\CCCCCCCC(=O)OCCCCCC/C=C\CCCC(=O)NC(CO)C(O)CCCCCCCCCCCCCCCCCCCCCCCCCC. The highest BCUT2D eigenvalue weighted by Gasteiger charge is 2.20. The van der Waals surface area contributed by atoms with Crippen LogP contribution < -0.4 is 5.32 Å². The molecule has 0 saturated carbocycles. The van der Waals surface area contributed by atoms with Crippen LogP contribution in [0.1, 0.15) is 309 Å². The molecule has 0 aromatic rings. The number of aliphatic hydroxyl groups is 2. The minimum absolute atomic E-state index is 0.0484. The summed E-state index contributed by atoms with van der Waals surface area (Å²) in [5.41, 5.74) is 0. The quantitative estimate of drug-likeness (QED) is 0.0321. The summed E-state index contributed by atoms with van der Waals surface area (Å²) in [5, 5.41) is 23.3. The number of amides is 1. The van der Waals surface area contributed by atoms with Gasteiger partial charge in [-0.25, -0.2) is 0 Å². The molecule has 0 radical (unpaired) electrons. The third-order valence-electron chi connectivity index (χ3n) is 13.4. The lowest BCUT2D eigenvalue weighted by atomic mass is 10.0. The molecule has 0 heterocycles. The molecule has 0 aliphatic carbocycles. The van der Waals surface area contributed by atoms with Crippen LogP contribution in [0, 0.1) is 0 Å².